The van der Waals surface area contributed by atoms with Gasteiger partial charge in [0.15, 0.2) is 0 Å². The van der Waals surface area contributed by atoms with Crippen molar-refractivity contribution in [1.82, 2.24) is 19.7 Å². The summed E-state index contributed by atoms with van der Waals surface area (Å²) in [6.45, 7) is 5.02. The van der Waals surface area contributed by atoms with Gasteiger partial charge in [0.05, 0.1) is 12.0 Å². The van der Waals surface area contributed by atoms with E-state index in [1.54, 1.807) is 0 Å². The molecule has 0 radical (unpaired) electrons. The molecule has 3 fully saturated rings. The third-order valence-electron chi connectivity index (χ3n) is 7.51. The lowest BCUT2D eigenvalue weighted by Crippen LogP contribution is -2.59. The first kappa shape index (κ1) is 22.3. The number of nitrogens with zero attached hydrogens (tertiary/aromatic N) is 5. The van der Waals surface area contributed by atoms with Gasteiger partial charge < -0.3 is 9.80 Å². The number of rotatable bonds is 3. The van der Waals surface area contributed by atoms with Crippen molar-refractivity contribution in [3.63, 3.8) is 0 Å². The van der Waals surface area contributed by atoms with Crippen LogP contribution in [0, 0.1) is 0 Å². The molecule has 0 bridgehead atoms. The molecule has 0 spiro atoms. The lowest BCUT2D eigenvalue weighted by Gasteiger charge is -2.46. The Morgan fingerprint density at radius 3 is 2.75 bits per heavy atom. The minimum Gasteiger partial charge on any atom is -0.356 e. The third kappa shape index (κ3) is 4.73. The van der Waals surface area contributed by atoms with E-state index in [0.29, 0.717) is 32.2 Å². The van der Waals surface area contributed by atoms with Gasteiger partial charge in [-0.05, 0) is 30.9 Å². The van der Waals surface area contributed by atoms with E-state index in [-0.39, 0.29) is 24.2 Å². The second-order valence-corrected chi connectivity index (χ2v) is 10.2. The average Bonchev–Trinajstić information content (AvgIpc) is 2.78. The highest BCUT2D eigenvalue weighted by molar-refractivity contribution is 6.20. The van der Waals surface area contributed by atoms with Gasteiger partial charge in [0.2, 0.25) is 5.91 Å². The smallest absolute Gasteiger partial charge is 0.251 e. The molecule has 5 rings (SSSR count). The van der Waals surface area contributed by atoms with Gasteiger partial charge in [-0.3, -0.25) is 14.6 Å². The first-order chi connectivity index (χ1) is 15.4. The van der Waals surface area contributed by atoms with Crippen LogP contribution < -0.4 is 4.90 Å². The molecular formula is C23H32ClF2N5O. The Balaban J connectivity index is 1.16. The molecule has 176 valence electrons. The Kier molecular flexibility index (Phi) is 6.29. The summed E-state index contributed by atoms with van der Waals surface area (Å²) in [5, 5.41) is 0. The Hall–Kier alpha value is -1.51. The topological polar surface area (TPSA) is 42.9 Å². The zero-order chi connectivity index (χ0) is 22.3. The predicted octanol–water partition coefficient (Wildman–Crippen LogP) is 2.94. The van der Waals surface area contributed by atoms with Crippen LogP contribution in [0.4, 0.5) is 14.6 Å². The number of piperidine rings is 2. The highest BCUT2D eigenvalue weighted by Crippen LogP contribution is 2.31. The molecule has 4 aliphatic heterocycles. The maximum absolute atomic E-state index is 13.5. The van der Waals surface area contributed by atoms with Crippen molar-refractivity contribution in [2.45, 2.75) is 62.5 Å². The van der Waals surface area contributed by atoms with Crippen molar-refractivity contribution in [2.24, 2.45) is 0 Å². The number of hydrogen-bond donors (Lipinski definition) is 0. The van der Waals surface area contributed by atoms with Crippen LogP contribution in [0.1, 0.15) is 43.4 Å². The minimum atomic E-state index is -2.55. The molecule has 1 aromatic rings. The normalized spacial score (nSPS) is 28.8. The first-order valence-electron chi connectivity index (χ1n) is 11.9. The van der Waals surface area contributed by atoms with Crippen LogP contribution in [-0.4, -0.2) is 88.9 Å². The molecule has 3 saturated heterocycles. The molecule has 0 saturated carbocycles. The quantitative estimate of drug-likeness (QED) is 0.505. The highest BCUT2D eigenvalue weighted by atomic mass is 35.5. The Morgan fingerprint density at radius 2 is 1.94 bits per heavy atom. The molecule has 0 aromatic carbocycles. The molecule has 9 heteroatoms. The van der Waals surface area contributed by atoms with E-state index in [9.17, 15) is 13.6 Å². The van der Waals surface area contributed by atoms with Crippen molar-refractivity contribution < 1.29 is 13.6 Å². The molecule has 1 amide bonds. The van der Waals surface area contributed by atoms with Crippen molar-refractivity contribution in [3.05, 3.63) is 23.4 Å². The van der Waals surface area contributed by atoms with Gasteiger partial charge in [-0.15, -0.1) is 11.6 Å². The van der Waals surface area contributed by atoms with Crippen molar-refractivity contribution in [1.29, 1.82) is 0 Å². The number of aromatic nitrogens is 1. The number of amides is 1. The fourth-order valence-corrected chi connectivity index (χ4v) is 5.95. The van der Waals surface area contributed by atoms with E-state index in [2.05, 4.69) is 15.9 Å². The standard InChI is InChI=1S/C23H32ClF2N5O/c24-20-3-1-2-18-15-30(12-13-31(18)20)22(32)16-28-9-6-19-17(14-28)4-5-21(27-19)29-10-7-23(25,26)8-11-29/h4-5,18,20H,1-3,6-16H2/t18-,20?/m0/s1. The van der Waals surface area contributed by atoms with Crippen LogP contribution >= 0.6 is 11.6 Å². The van der Waals surface area contributed by atoms with Gasteiger partial charge in [0, 0.05) is 76.8 Å². The number of carbonyl (C=O) groups excluding carboxylic acids is 1. The van der Waals surface area contributed by atoms with Crippen molar-refractivity contribution >= 4 is 23.3 Å². The van der Waals surface area contributed by atoms with E-state index >= 15 is 0 Å². The lowest BCUT2D eigenvalue weighted by atomic mass is 9.99. The van der Waals surface area contributed by atoms with E-state index in [0.717, 1.165) is 68.9 Å². The number of carbonyl (C=O) groups is 1. The van der Waals surface area contributed by atoms with Crippen LogP contribution in [0.5, 0.6) is 0 Å². The third-order valence-corrected chi connectivity index (χ3v) is 7.98. The van der Waals surface area contributed by atoms with Gasteiger partial charge in [-0.2, -0.15) is 0 Å². The zero-order valence-corrected chi connectivity index (χ0v) is 19.2. The zero-order valence-electron chi connectivity index (χ0n) is 18.5. The maximum atomic E-state index is 13.5. The van der Waals surface area contributed by atoms with E-state index in [1.165, 1.54) is 0 Å². The molecule has 1 unspecified atom stereocenters. The van der Waals surface area contributed by atoms with Crippen molar-refractivity contribution in [2.75, 3.05) is 50.7 Å². The minimum absolute atomic E-state index is 0.109. The Bertz CT molecular complexity index is 846. The fraction of sp³-hybridized carbons (Fsp3) is 0.739. The molecule has 0 N–H and O–H groups in total. The summed E-state index contributed by atoms with van der Waals surface area (Å²) in [5.74, 6) is -1.55. The molecule has 2 atom stereocenters. The molecule has 32 heavy (non-hydrogen) atoms. The van der Waals surface area contributed by atoms with Gasteiger partial charge in [-0.25, -0.2) is 13.8 Å². The fourth-order valence-electron chi connectivity index (χ4n) is 5.54. The number of fused-ring (bicyclic) bond motifs is 2. The first-order valence-corrected chi connectivity index (χ1v) is 12.3. The summed E-state index contributed by atoms with van der Waals surface area (Å²) in [4.78, 5) is 26.3. The van der Waals surface area contributed by atoms with E-state index in [4.69, 9.17) is 16.6 Å². The molecule has 0 aliphatic carbocycles. The SMILES string of the molecule is O=C(CN1CCc2nc(N3CCC(F)(F)CC3)ccc2C1)N1CCN2C(Cl)CCC[C@H]2C1. The Morgan fingerprint density at radius 1 is 1.12 bits per heavy atom. The number of halogens is 3. The summed E-state index contributed by atoms with van der Waals surface area (Å²) < 4.78 is 26.9. The summed E-state index contributed by atoms with van der Waals surface area (Å²) in [6, 6.07) is 4.39. The summed E-state index contributed by atoms with van der Waals surface area (Å²) in [7, 11) is 0. The highest BCUT2D eigenvalue weighted by Gasteiger charge is 2.36. The number of piperazine rings is 1. The van der Waals surface area contributed by atoms with Crippen LogP contribution in [0.2, 0.25) is 0 Å². The lowest BCUT2D eigenvalue weighted by molar-refractivity contribution is -0.136. The number of anilines is 1. The van der Waals surface area contributed by atoms with E-state index in [1.807, 2.05) is 15.9 Å². The van der Waals surface area contributed by atoms with Crippen LogP contribution in [-0.2, 0) is 17.8 Å². The summed E-state index contributed by atoms with van der Waals surface area (Å²) >= 11 is 6.47. The molecular weight excluding hydrogens is 436 g/mol. The predicted molar refractivity (Wildman–Crippen MR) is 120 cm³/mol. The Labute approximate surface area is 193 Å². The van der Waals surface area contributed by atoms with Crippen LogP contribution in [0.15, 0.2) is 12.1 Å². The molecule has 6 nitrogen and oxygen atoms in total. The molecule has 4 aliphatic rings. The number of alkyl halides is 3. The van der Waals surface area contributed by atoms with Crippen LogP contribution in [0.3, 0.4) is 0 Å². The number of hydrogen-bond acceptors (Lipinski definition) is 5. The summed E-state index contributed by atoms with van der Waals surface area (Å²) in [5.41, 5.74) is 2.29. The van der Waals surface area contributed by atoms with Crippen LogP contribution in [0.25, 0.3) is 0 Å². The maximum Gasteiger partial charge on any atom is 0.251 e. The summed E-state index contributed by atoms with van der Waals surface area (Å²) in [6.07, 6.45) is 3.86. The van der Waals surface area contributed by atoms with Crippen molar-refractivity contribution in [3.8, 4) is 0 Å². The second-order valence-electron chi connectivity index (χ2n) is 9.68. The number of pyridine rings is 1. The largest absolute Gasteiger partial charge is 0.356 e. The van der Waals surface area contributed by atoms with E-state index < -0.39 is 5.92 Å². The molecule has 5 heterocycles. The van der Waals surface area contributed by atoms with Gasteiger partial charge in [0.1, 0.15) is 5.82 Å². The second kappa shape index (κ2) is 9.03. The molecule has 1 aromatic heterocycles. The monoisotopic (exact) mass is 467 g/mol. The average molecular weight is 468 g/mol. The van der Waals surface area contributed by atoms with Gasteiger partial charge in [0.25, 0.3) is 5.92 Å². The van der Waals surface area contributed by atoms with Gasteiger partial charge in [-0.1, -0.05) is 6.07 Å². The van der Waals surface area contributed by atoms with Gasteiger partial charge >= 0.3 is 0 Å².